The molecule has 0 aromatic heterocycles. The van der Waals surface area contributed by atoms with Gasteiger partial charge in [-0.2, -0.15) is 0 Å². The summed E-state index contributed by atoms with van der Waals surface area (Å²) in [4.78, 5) is 27.2. The number of amides is 3. The largest absolute Gasteiger partial charge is 0.495 e. The van der Waals surface area contributed by atoms with Gasteiger partial charge in [0.25, 0.3) is 0 Å². The number of rotatable bonds is 12. The van der Waals surface area contributed by atoms with Crippen molar-refractivity contribution in [2.45, 2.75) is 46.0 Å². The second kappa shape index (κ2) is 13.3. The van der Waals surface area contributed by atoms with E-state index in [1.165, 1.54) is 0 Å². The highest BCUT2D eigenvalue weighted by Gasteiger charge is 2.18. The lowest BCUT2D eigenvalue weighted by molar-refractivity contribution is -0.125. The zero-order valence-corrected chi connectivity index (χ0v) is 18.9. The van der Waals surface area contributed by atoms with Crippen molar-refractivity contribution in [2.75, 3.05) is 30.4 Å². The smallest absolute Gasteiger partial charge is 0.326 e. The molecular weight excluding hydrogens is 390 g/mol. The molecule has 6 heteroatoms. The second-order valence-corrected chi connectivity index (χ2v) is 7.51. The maximum atomic E-state index is 13.1. The van der Waals surface area contributed by atoms with E-state index in [2.05, 4.69) is 24.5 Å². The number of unbranched alkanes of at least 4 members (excludes halogenated alkanes) is 1. The first-order chi connectivity index (χ1) is 15.1. The summed E-state index contributed by atoms with van der Waals surface area (Å²) in [5.74, 6) is 0.786. The molecule has 0 spiro atoms. The molecule has 2 aromatic carbocycles. The van der Waals surface area contributed by atoms with Crippen molar-refractivity contribution in [1.82, 2.24) is 5.32 Å². The molecule has 0 aliphatic heterocycles. The van der Waals surface area contributed by atoms with Gasteiger partial charge >= 0.3 is 6.03 Å². The van der Waals surface area contributed by atoms with Crippen LogP contribution < -0.4 is 20.3 Å². The quantitative estimate of drug-likeness (QED) is 0.444. The van der Waals surface area contributed by atoms with E-state index >= 15 is 0 Å². The Morgan fingerprint density at radius 1 is 1.00 bits per heavy atom. The number of carbonyl (C=O) groups is 2. The van der Waals surface area contributed by atoms with E-state index in [9.17, 15) is 9.59 Å². The van der Waals surface area contributed by atoms with Gasteiger partial charge < -0.3 is 15.4 Å². The molecule has 1 atom stereocenters. The van der Waals surface area contributed by atoms with Crippen molar-refractivity contribution in [1.29, 1.82) is 0 Å². The molecule has 0 saturated carbocycles. The molecule has 31 heavy (non-hydrogen) atoms. The molecule has 2 rings (SSSR count). The highest BCUT2D eigenvalue weighted by Crippen LogP contribution is 2.24. The van der Waals surface area contributed by atoms with E-state index < -0.39 is 0 Å². The lowest BCUT2D eigenvalue weighted by Crippen LogP contribution is -2.38. The van der Waals surface area contributed by atoms with E-state index in [0.717, 1.165) is 31.4 Å². The van der Waals surface area contributed by atoms with Crippen LogP contribution in [-0.4, -0.2) is 32.1 Å². The fourth-order valence-corrected chi connectivity index (χ4v) is 3.45. The molecule has 1 unspecified atom stereocenters. The topological polar surface area (TPSA) is 70.7 Å². The third-order valence-corrected chi connectivity index (χ3v) is 5.29. The number of methoxy groups -OCH3 is 1. The van der Waals surface area contributed by atoms with Gasteiger partial charge in [-0.1, -0.05) is 57.0 Å². The Hall–Kier alpha value is -3.02. The number of para-hydroxylation sites is 3. The third-order valence-electron chi connectivity index (χ3n) is 5.29. The van der Waals surface area contributed by atoms with Gasteiger partial charge in [-0.05, 0) is 43.5 Å². The summed E-state index contributed by atoms with van der Waals surface area (Å²) in [6.45, 7) is 5.21. The first-order valence-electron chi connectivity index (χ1n) is 11.1. The molecule has 168 valence electrons. The molecule has 0 fully saturated rings. The van der Waals surface area contributed by atoms with Crippen molar-refractivity contribution in [3.05, 3.63) is 54.6 Å². The summed E-state index contributed by atoms with van der Waals surface area (Å²) in [5, 5.41) is 5.97. The van der Waals surface area contributed by atoms with Crippen molar-refractivity contribution in [3.8, 4) is 5.75 Å². The zero-order chi connectivity index (χ0) is 22.5. The van der Waals surface area contributed by atoms with Crippen LogP contribution in [0, 0.1) is 5.92 Å². The molecular formula is C25H35N3O3. The van der Waals surface area contributed by atoms with Gasteiger partial charge in [0.15, 0.2) is 0 Å². The Balaban J connectivity index is 1.98. The molecule has 0 heterocycles. The Morgan fingerprint density at radius 2 is 1.71 bits per heavy atom. The standard InChI is InChI=1S/C25H35N3O3/c1-4-6-13-20(5-2)24(29)26-18-12-19-28(21-14-8-7-9-15-21)25(30)27-22-16-10-11-17-23(22)31-3/h7-11,14-17,20H,4-6,12-13,18-19H2,1-3H3,(H,26,29)(H,27,30). The second-order valence-electron chi connectivity index (χ2n) is 7.51. The van der Waals surface area contributed by atoms with Gasteiger partial charge in [-0.15, -0.1) is 0 Å². The predicted octanol–water partition coefficient (Wildman–Crippen LogP) is 5.46. The summed E-state index contributed by atoms with van der Waals surface area (Å²) in [5.41, 5.74) is 1.42. The molecule has 0 aliphatic rings. The minimum atomic E-state index is -0.239. The highest BCUT2D eigenvalue weighted by atomic mass is 16.5. The predicted molar refractivity (Wildman–Crippen MR) is 127 cm³/mol. The van der Waals surface area contributed by atoms with E-state index in [4.69, 9.17) is 4.74 Å². The highest BCUT2D eigenvalue weighted by molar-refractivity contribution is 6.02. The minimum absolute atomic E-state index is 0.0685. The number of hydrogen-bond acceptors (Lipinski definition) is 3. The summed E-state index contributed by atoms with van der Waals surface area (Å²) in [7, 11) is 1.58. The van der Waals surface area contributed by atoms with E-state index in [0.29, 0.717) is 30.9 Å². The van der Waals surface area contributed by atoms with Crippen LogP contribution in [-0.2, 0) is 4.79 Å². The van der Waals surface area contributed by atoms with Gasteiger partial charge in [0.2, 0.25) is 5.91 Å². The molecule has 3 amide bonds. The van der Waals surface area contributed by atoms with Gasteiger partial charge in [-0.25, -0.2) is 4.79 Å². The lowest BCUT2D eigenvalue weighted by atomic mass is 9.98. The van der Waals surface area contributed by atoms with E-state index in [-0.39, 0.29) is 17.9 Å². The molecule has 0 saturated heterocycles. The molecule has 6 nitrogen and oxygen atoms in total. The van der Waals surface area contributed by atoms with Crippen LogP contribution in [0.15, 0.2) is 54.6 Å². The fraction of sp³-hybridized carbons (Fsp3) is 0.440. The number of urea groups is 1. The summed E-state index contributed by atoms with van der Waals surface area (Å²) >= 11 is 0. The van der Waals surface area contributed by atoms with Crippen molar-refractivity contribution in [3.63, 3.8) is 0 Å². The van der Waals surface area contributed by atoms with Crippen LogP contribution in [0.4, 0.5) is 16.2 Å². The van der Waals surface area contributed by atoms with Gasteiger partial charge in [-0.3, -0.25) is 9.69 Å². The molecule has 0 radical (unpaired) electrons. The monoisotopic (exact) mass is 425 g/mol. The van der Waals surface area contributed by atoms with Crippen LogP contribution in [0.5, 0.6) is 5.75 Å². The average molecular weight is 426 g/mol. The first kappa shape index (κ1) is 24.3. The van der Waals surface area contributed by atoms with Crippen molar-refractivity contribution in [2.24, 2.45) is 5.92 Å². The number of ether oxygens (including phenoxy) is 1. The number of nitrogens with zero attached hydrogens (tertiary/aromatic N) is 1. The van der Waals surface area contributed by atoms with Crippen LogP contribution >= 0.6 is 0 Å². The summed E-state index contributed by atoms with van der Waals surface area (Å²) in [6.07, 6.45) is 4.59. The van der Waals surface area contributed by atoms with Crippen LogP contribution in [0.2, 0.25) is 0 Å². The Morgan fingerprint density at radius 3 is 2.39 bits per heavy atom. The van der Waals surface area contributed by atoms with Crippen LogP contribution in [0.1, 0.15) is 46.0 Å². The average Bonchev–Trinajstić information content (AvgIpc) is 2.80. The number of anilines is 2. The van der Waals surface area contributed by atoms with E-state index in [1.54, 1.807) is 24.1 Å². The van der Waals surface area contributed by atoms with Crippen LogP contribution in [0.25, 0.3) is 0 Å². The Kier molecular flexibility index (Phi) is 10.4. The lowest BCUT2D eigenvalue weighted by Gasteiger charge is -2.24. The molecule has 2 N–H and O–H groups in total. The summed E-state index contributed by atoms with van der Waals surface area (Å²) in [6, 6.07) is 16.6. The van der Waals surface area contributed by atoms with Crippen molar-refractivity contribution < 1.29 is 14.3 Å². The van der Waals surface area contributed by atoms with Crippen molar-refractivity contribution >= 4 is 23.3 Å². The van der Waals surface area contributed by atoms with Gasteiger partial charge in [0.05, 0.1) is 12.8 Å². The maximum Gasteiger partial charge on any atom is 0.326 e. The van der Waals surface area contributed by atoms with Crippen LogP contribution in [0.3, 0.4) is 0 Å². The number of benzene rings is 2. The SMILES string of the molecule is CCCCC(CC)C(=O)NCCCN(C(=O)Nc1ccccc1OC)c1ccccc1. The first-order valence-corrected chi connectivity index (χ1v) is 11.1. The third kappa shape index (κ3) is 7.63. The maximum absolute atomic E-state index is 13.1. The molecule has 2 aromatic rings. The van der Waals surface area contributed by atoms with Gasteiger partial charge in [0, 0.05) is 24.7 Å². The van der Waals surface area contributed by atoms with Gasteiger partial charge in [0.1, 0.15) is 5.75 Å². The minimum Gasteiger partial charge on any atom is -0.495 e. The Labute approximate surface area is 186 Å². The fourth-order valence-electron chi connectivity index (χ4n) is 3.45. The Bertz CT molecular complexity index is 811. The van der Waals surface area contributed by atoms with E-state index in [1.807, 2.05) is 42.5 Å². The number of hydrogen-bond donors (Lipinski definition) is 2. The normalized spacial score (nSPS) is 11.5. The number of nitrogens with one attached hydrogen (secondary N) is 2. The summed E-state index contributed by atoms with van der Waals surface area (Å²) < 4.78 is 5.34. The molecule has 0 bridgehead atoms. The molecule has 0 aliphatic carbocycles. The zero-order valence-electron chi connectivity index (χ0n) is 18.9. The number of carbonyl (C=O) groups excluding carboxylic acids is 2.